The van der Waals surface area contributed by atoms with Crippen LogP contribution in [0.4, 0.5) is 10.5 Å². The van der Waals surface area contributed by atoms with Crippen LogP contribution in [0.2, 0.25) is 0 Å². The van der Waals surface area contributed by atoms with Crippen LogP contribution in [0, 0.1) is 0 Å². The number of hydrogen-bond donors (Lipinski definition) is 0. The Kier molecular flexibility index (Phi) is 4.17. The first-order chi connectivity index (χ1) is 15.3. The highest BCUT2D eigenvalue weighted by molar-refractivity contribution is 5.89. The average Bonchev–Trinajstić information content (AvgIpc) is 3.34. The van der Waals surface area contributed by atoms with Crippen molar-refractivity contribution >= 4 is 11.8 Å². The lowest BCUT2D eigenvalue weighted by molar-refractivity contribution is 0.150. The molecule has 0 atom stereocenters. The Morgan fingerprint density at radius 1 is 0.806 bits per heavy atom. The molecular formula is C27H22N2O2. The SMILES string of the molecule is O=C(OCC1c2ccccc2-c2ccccc21)N1Cc2cccn2Cc2ccccc21. The number of hydrogen-bond acceptors (Lipinski definition) is 2. The quantitative estimate of drug-likeness (QED) is 0.421. The fourth-order valence-corrected chi connectivity index (χ4v) is 4.92. The molecule has 6 rings (SSSR count). The fraction of sp³-hybridized carbons (Fsp3) is 0.148. The van der Waals surface area contributed by atoms with Crippen molar-refractivity contribution in [2.75, 3.05) is 11.5 Å². The van der Waals surface area contributed by atoms with Crippen molar-refractivity contribution in [3.05, 3.63) is 114 Å². The summed E-state index contributed by atoms with van der Waals surface area (Å²) in [5.74, 6) is 0.0578. The Balaban J connectivity index is 1.30. The summed E-state index contributed by atoms with van der Waals surface area (Å²) in [6, 6.07) is 29.0. The van der Waals surface area contributed by atoms with Gasteiger partial charge in [-0.3, -0.25) is 4.90 Å². The summed E-state index contributed by atoms with van der Waals surface area (Å²) in [5, 5.41) is 0. The second kappa shape index (κ2) is 7.17. The van der Waals surface area contributed by atoms with Crippen LogP contribution in [-0.4, -0.2) is 17.3 Å². The van der Waals surface area contributed by atoms with Crippen molar-refractivity contribution in [3.63, 3.8) is 0 Å². The van der Waals surface area contributed by atoms with Crippen molar-refractivity contribution in [1.82, 2.24) is 4.57 Å². The first-order valence-electron chi connectivity index (χ1n) is 10.6. The third-order valence-electron chi connectivity index (χ3n) is 6.42. The molecule has 4 aromatic rings. The van der Waals surface area contributed by atoms with Crippen molar-refractivity contribution in [1.29, 1.82) is 0 Å². The van der Waals surface area contributed by atoms with Crippen molar-refractivity contribution in [2.45, 2.75) is 19.0 Å². The van der Waals surface area contributed by atoms with Gasteiger partial charge in [0.15, 0.2) is 0 Å². The average molecular weight is 406 g/mol. The molecule has 2 aliphatic rings. The number of carbonyl (C=O) groups excluding carboxylic acids is 1. The smallest absolute Gasteiger partial charge is 0.414 e. The van der Waals surface area contributed by atoms with Crippen LogP contribution in [0.3, 0.4) is 0 Å². The molecule has 1 aromatic heterocycles. The summed E-state index contributed by atoms with van der Waals surface area (Å²) >= 11 is 0. The standard InChI is InChI=1S/C27H22N2O2/c30-27(29-17-20-9-7-15-28(20)16-19-8-1-6-14-26(19)29)31-18-25-23-12-4-2-10-21(23)22-11-3-5-13-24(22)25/h1-15,25H,16-18H2. The van der Waals surface area contributed by atoms with E-state index >= 15 is 0 Å². The maximum atomic E-state index is 13.3. The van der Waals surface area contributed by atoms with Crippen LogP contribution in [0.1, 0.15) is 28.3 Å². The Morgan fingerprint density at radius 2 is 1.48 bits per heavy atom. The number of amides is 1. The van der Waals surface area contributed by atoms with Gasteiger partial charge in [0.2, 0.25) is 0 Å². The minimum atomic E-state index is -0.302. The summed E-state index contributed by atoms with van der Waals surface area (Å²) in [6.45, 7) is 1.58. The number of benzene rings is 3. The lowest BCUT2D eigenvalue weighted by atomic mass is 9.98. The van der Waals surface area contributed by atoms with Gasteiger partial charge in [-0.25, -0.2) is 4.79 Å². The number of fused-ring (bicyclic) bond motifs is 5. The van der Waals surface area contributed by atoms with Gasteiger partial charge in [0.05, 0.1) is 12.2 Å². The highest BCUT2D eigenvalue weighted by Crippen LogP contribution is 2.44. The predicted molar refractivity (Wildman–Crippen MR) is 121 cm³/mol. The largest absolute Gasteiger partial charge is 0.448 e. The van der Waals surface area contributed by atoms with Crippen molar-refractivity contribution in [2.24, 2.45) is 0 Å². The first kappa shape index (κ1) is 18.0. The normalized spacial score (nSPS) is 14.3. The maximum Gasteiger partial charge on any atom is 0.414 e. The molecule has 3 aromatic carbocycles. The van der Waals surface area contributed by atoms with E-state index in [2.05, 4.69) is 71.4 Å². The zero-order valence-electron chi connectivity index (χ0n) is 17.1. The molecule has 31 heavy (non-hydrogen) atoms. The topological polar surface area (TPSA) is 34.5 Å². The summed E-state index contributed by atoms with van der Waals surface area (Å²) in [6.07, 6.45) is 1.76. The highest BCUT2D eigenvalue weighted by Gasteiger charge is 2.31. The number of nitrogens with zero attached hydrogens (tertiary/aromatic N) is 2. The Labute approximate surface area is 181 Å². The summed E-state index contributed by atoms with van der Waals surface area (Å²) in [5.41, 5.74) is 8.05. The zero-order valence-corrected chi connectivity index (χ0v) is 17.1. The molecule has 4 heteroatoms. The molecule has 2 heterocycles. The lowest BCUT2D eigenvalue weighted by Crippen LogP contribution is -2.32. The lowest BCUT2D eigenvalue weighted by Gasteiger charge is -2.23. The van der Waals surface area contributed by atoms with Crippen molar-refractivity contribution in [3.8, 4) is 11.1 Å². The number of para-hydroxylation sites is 1. The molecule has 0 saturated heterocycles. The van der Waals surface area contributed by atoms with E-state index in [1.54, 1.807) is 4.90 Å². The van der Waals surface area contributed by atoms with Gasteiger partial charge in [-0.15, -0.1) is 0 Å². The third-order valence-corrected chi connectivity index (χ3v) is 6.42. The zero-order chi connectivity index (χ0) is 20.8. The van der Waals surface area contributed by atoms with Gasteiger partial charge in [-0.05, 0) is 46.0 Å². The van der Waals surface area contributed by atoms with E-state index in [0.717, 1.165) is 23.5 Å². The van der Waals surface area contributed by atoms with Gasteiger partial charge in [0.25, 0.3) is 0 Å². The Bertz CT molecular complexity index is 1240. The highest BCUT2D eigenvalue weighted by atomic mass is 16.6. The van der Waals surface area contributed by atoms with Gasteiger partial charge in [-0.1, -0.05) is 66.7 Å². The number of carbonyl (C=O) groups is 1. The molecule has 0 unspecified atom stereocenters. The van der Waals surface area contributed by atoms with Crippen LogP contribution in [-0.2, 0) is 17.8 Å². The second-order valence-corrected chi connectivity index (χ2v) is 8.15. The van der Waals surface area contributed by atoms with E-state index in [4.69, 9.17) is 4.74 Å². The summed E-state index contributed by atoms with van der Waals surface area (Å²) in [4.78, 5) is 15.1. The molecule has 1 amide bonds. The molecule has 1 aliphatic carbocycles. The van der Waals surface area contributed by atoms with Crippen LogP contribution < -0.4 is 4.90 Å². The minimum absolute atomic E-state index is 0.0578. The molecule has 0 saturated carbocycles. The fourth-order valence-electron chi connectivity index (χ4n) is 4.92. The first-order valence-corrected chi connectivity index (χ1v) is 10.6. The van der Waals surface area contributed by atoms with E-state index in [0.29, 0.717) is 13.2 Å². The Hall–Kier alpha value is -3.79. The van der Waals surface area contributed by atoms with Crippen molar-refractivity contribution < 1.29 is 9.53 Å². The molecule has 152 valence electrons. The molecular weight excluding hydrogens is 384 g/mol. The maximum absolute atomic E-state index is 13.3. The Morgan fingerprint density at radius 3 is 2.26 bits per heavy atom. The molecule has 1 aliphatic heterocycles. The number of rotatable bonds is 2. The molecule has 4 nitrogen and oxygen atoms in total. The summed E-state index contributed by atoms with van der Waals surface area (Å²) in [7, 11) is 0. The van der Waals surface area contributed by atoms with E-state index in [9.17, 15) is 4.79 Å². The van der Waals surface area contributed by atoms with E-state index in [-0.39, 0.29) is 12.0 Å². The molecule has 0 fully saturated rings. The van der Waals surface area contributed by atoms with Crippen LogP contribution in [0.15, 0.2) is 91.1 Å². The van der Waals surface area contributed by atoms with Gasteiger partial charge in [-0.2, -0.15) is 0 Å². The van der Waals surface area contributed by atoms with Crippen LogP contribution in [0.25, 0.3) is 11.1 Å². The predicted octanol–water partition coefficient (Wildman–Crippen LogP) is 5.81. The van der Waals surface area contributed by atoms with Gasteiger partial charge in [0, 0.05) is 24.4 Å². The second-order valence-electron chi connectivity index (χ2n) is 8.15. The van der Waals surface area contributed by atoms with Crippen LogP contribution in [0.5, 0.6) is 0 Å². The third kappa shape index (κ3) is 2.95. The van der Waals surface area contributed by atoms with Gasteiger partial charge < -0.3 is 9.30 Å². The van der Waals surface area contributed by atoms with E-state index in [1.165, 1.54) is 22.3 Å². The molecule has 0 N–H and O–H groups in total. The van der Waals surface area contributed by atoms with Gasteiger partial charge in [0.1, 0.15) is 6.61 Å². The molecule has 0 radical (unpaired) electrons. The molecule has 0 spiro atoms. The summed E-state index contributed by atoms with van der Waals surface area (Å²) < 4.78 is 8.15. The molecule has 0 bridgehead atoms. The minimum Gasteiger partial charge on any atom is -0.448 e. The van der Waals surface area contributed by atoms with Crippen LogP contribution >= 0.6 is 0 Å². The monoisotopic (exact) mass is 406 g/mol. The van der Waals surface area contributed by atoms with Gasteiger partial charge >= 0.3 is 6.09 Å². The number of anilines is 1. The number of aromatic nitrogens is 1. The van der Waals surface area contributed by atoms with E-state index < -0.39 is 0 Å². The number of ether oxygens (including phenoxy) is 1. The van der Waals surface area contributed by atoms with E-state index in [1.807, 2.05) is 24.3 Å².